The number of aryl methyl sites for hydroxylation is 1. The molecule has 0 amide bonds. The Balaban J connectivity index is 0.000000892. The van der Waals surface area contributed by atoms with Crippen LogP contribution in [-0.2, 0) is 6.42 Å². The highest BCUT2D eigenvalue weighted by atomic mass is 19.3. The molecule has 0 atom stereocenters. The van der Waals surface area contributed by atoms with Crippen LogP contribution in [0.3, 0.4) is 0 Å². The van der Waals surface area contributed by atoms with E-state index in [1.54, 1.807) is 30.3 Å². The van der Waals surface area contributed by atoms with E-state index in [4.69, 9.17) is 4.74 Å². The minimum atomic E-state index is -2.70. The molecule has 224 valence electrons. The van der Waals surface area contributed by atoms with E-state index in [2.05, 4.69) is 32.1 Å². The van der Waals surface area contributed by atoms with Gasteiger partial charge in [0.05, 0.1) is 24.9 Å². The second-order valence-electron chi connectivity index (χ2n) is 10.3. The molecule has 0 heterocycles. The number of carboxylic acid groups (broad SMARTS) is 1. The van der Waals surface area contributed by atoms with E-state index in [1.807, 2.05) is 25.1 Å². The number of allylic oxidation sites excluding steroid dienone is 2. The average Bonchev–Trinajstić information content (AvgIpc) is 3.19. The number of hydrogen-bond acceptors (Lipinski definition) is 2. The SMILES string of the molecule is CCC(=Cc1ccc(C2=C(c3cccc(OC)c3C(F)F)CCCc3cc(C(=O)O)ccc32)cc1)CC.CCCCF. The van der Waals surface area contributed by atoms with Crippen LogP contribution in [0.2, 0.25) is 0 Å². The molecule has 1 N–H and O–H groups in total. The summed E-state index contributed by atoms with van der Waals surface area (Å²) in [5.74, 6) is -0.818. The van der Waals surface area contributed by atoms with Crippen molar-refractivity contribution in [1.29, 1.82) is 0 Å². The van der Waals surface area contributed by atoms with Crippen molar-refractivity contribution in [2.75, 3.05) is 13.8 Å². The zero-order valence-electron chi connectivity index (χ0n) is 25.0. The van der Waals surface area contributed by atoms with Gasteiger partial charge in [-0.15, -0.1) is 0 Å². The Morgan fingerprint density at radius 1 is 0.976 bits per heavy atom. The number of methoxy groups -OCH3 is 1. The van der Waals surface area contributed by atoms with Gasteiger partial charge in [-0.2, -0.15) is 0 Å². The molecule has 0 unspecified atom stereocenters. The fourth-order valence-electron chi connectivity index (χ4n) is 5.30. The van der Waals surface area contributed by atoms with Crippen LogP contribution in [0.5, 0.6) is 5.75 Å². The lowest BCUT2D eigenvalue weighted by Crippen LogP contribution is -2.03. The number of aromatic carboxylic acids is 1. The number of carbonyl (C=O) groups is 1. The first-order valence-electron chi connectivity index (χ1n) is 14.7. The van der Waals surface area contributed by atoms with Crippen LogP contribution in [0.1, 0.15) is 109 Å². The molecule has 0 saturated heterocycles. The van der Waals surface area contributed by atoms with Crippen molar-refractivity contribution in [3.63, 3.8) is 0 Å². The number of fused-ring (bicyclic) bond motifs is 1. The Morgan fingerprint density at radius 3 is 2.24 bits per heavy atom. The second kappa shape index (κ2) is 16.0. The lowest BCUT2D eigenvalue weighted by molar-refractivity contribution is 0.0696. The zero-order valence-corrected chi connectivity index (χ0v) is 25.0. The molecule has 3 nitrogen and oxygen atoms in total. The van der Waals surface area contributed by atoms with Crippen LogP contribution < -0.4 is 4.74 Å². The molecule has 0 saturated carbocycles. The van der Waals surface area contributed by atoms with Gasteiger partial charge in [0.1, 0.15) is 5.75 Å². The van der Waals surface area contributed by atoms with Crippen LogP contribution in [0.4, 0.5) is 13.2 Å². The van der Waals surface area contributed by atoms with Crippen molar-refractivity contribution in [3.8, 4) is 5.75 Å². The van der Waals surface area contributed by atoms with Gasteiger partial charge in [-0.05, 0) is 95.7 Å². The Morgan fingerprint density at radius 2 is 1.69 bits per heavy atom. The van der Waals surface area contributed by atoms with Gasteiger partial charge < -0.3 is 9.84 Å². The molecule has 6 heteroatoms. The van der Waals surface area contributed by atoms with Crippen LogP contribution in [0, 0.1) is 0 Å². The number of halogens is 3. The molecule has 3 aromatic rings. The number of hydrogen-bond donors (Lipinski definition) is 1. The van der Waals surface area contributed by atoms with Crippen LogP contribution in [-0.4, -0.2) is 24.9 Å². The quantitative estimate of drug-likeness (QED) is 0.260. The summed E-state index contributed by atoms with van der Waals surface area (Å²) in [6.45, 7) is 6.10. The first-order chi connectivity index (χ1) is 20.3. The highest BCUT2D eigenvalue weighted by Gasteiger charge is 2.26. The lowest BCUT2D eigenvalue weighted by Gasteiger charge is -2.20. The highest BCUT2D eigenvalue weighted by Crippen LogP contribution is 2.44. The molecule has 0 fully saturated rings. The molecule has 0 bridgehead atoms. The lowest BCUT2D eigenvalue weighted by atomic mass is 9.85. The summed E-state index contributed by atoms with van der Waals surface area (Å²) in [7, 11) is 1.41. The topological polar surface area (TPSA) is 46.5 Å². The third-order valence-electron chi connectivity index (χ3n) is 7.59. The van der Waals surface area contributed by atoms with Crippen LogP contribution in [0.25, 0.3) is 17.2 Å². The minimum Gasteiger partial charge on any atom is -0.496 e. The number of alkyl halides is 3. The first kappa shape index (κ1) is 32.7. The van der Waals surface area contributed by atoms with Crippen LogP contribution >= 0.6 is 0 Å². The monoisotopic (exact) mass is 578 g/mol. The van der Waals surface area contributed by atoms with Crippen molar-refractivity contribution < 1.29 is 27.8 Å². The number of benzene rings is 3. The summed E-state index contributed by atoms with van der Waals surface area (Å²) >= 11 is 0. The van der Waals surface area contributed by atoms with Gasteiger partial charge in [0.2, 0.25) is 0 Å². The van der Waals surface area contributed by atoms with Crippen molar-refractivity contribution in [1.82, 2.24) is 0 Å². The van der Waals surface area contributed by atoms with E-state index < -0.39 is 12.4 Å². The van der Waals surface area contributed by atoms with Gasteiger partial charge in [-0.25, -0.2) is 13.6 Å². The second-order valence-corrected chi connectivity index (χ2v) is 10.3. The summed E-state index contributed by atoms with van der Waals surface area (Å²) in [6.07, 6.45) is 5.11. The predicted molar refractivity (Wildman–Crippen MR) is 166 cm³/mol. The Labute approximate surface area is 247 Å². The van der Waals surface area contributed by atoms with Crippen molar-refractivity contribution in [2.45, 2.75) is 72.1 Å². The van der Waals surface area contributed by atoms with Gasteiger partial charge in [0.15, 0.2) is 0 Å². The molecule has 42 heavy (non-hydrogen) atoms. The Bertz CT molecular complexity index is 1400. The van der Waals surface area contributed by atoms with Crippen molar-refractivity contribution in [2.24, 2.45) is 0 Å². The molecule has 0 spiro atoms. The molecule has 1 aliphatic carbocycles. The smallest absolute Gasteiger partial charge is 0.335 e. The maximum atomic E-state index is 14.4. The van der Waals surface area contributed by atoms with E-state index >= 15 is 0 Å². The maximum Gasteiger partial charge on any atom is 0.335 e. The fourth-order valence-corrected chi connectivity index (χ4v) is 5.30. The van der Waals surface area contributed by atoms with E-state index in [9.17, 15) is 23.1 Å². The molecule has 4 rings (SSSR count). The molecule has 0 aromatic heterocycles. The first-order valence-corrected chi connectivity index (χ1v) is 14.7. The third-order valence-corrected chi connectivity index (χ3v) is 7.59. The van der Waals surface area contributed by atoms with Gasteiger partial charge in [-0.1, -0.05) is 81.3 Å². The molecule has 0 aliphatic heterocycles. The summed E-state index contributed by atoms with van der Waals surface area (Å²) in [5.41, 5.74) is 7.42. The fraction of sp³-hybridized carbons (Fsp3) is 0.361. The van der Waals surface area contributed by atoms with Crippen molar-refractivity contribution >= 4 is 23.2 Å². The predicted octanol–water partition coefficient (Wildman–Crippen LogP) is 10.6. The van der Waals surface area contributed by atoms with Gasteiger partial charge >= 0.3 is 5.97 Å². The molecular weight excluding hydrogens is 537 g/mol. The average molecular weight is 579 g/mol. The largest absolute Gasteiger partial charge is 0.496 e. The van der Waals surface area contributed by atoms with Gasteiger partial charge in [-0.3, -0.25) is 4.39 Å². The highest BCUT2D eigenvalue weighted by molar-refractivity contribution is 6.01. The molecule has 3 aromatic carbocycles. The number of carboxylic acids is 1. The standard InChI is InChI=1S/C32H32F2O3.C4H9F/c1-4-20(5-2)18-21-12-14-22(15-13-21)29-25-17-16-24(32(35)36)19-23(25)8-6-9-26(29)27-10-7-11-28(37-3)30(27)31(33)34;1-2-3-4-5/h7,10-19,31H,4-6,8-9H2,1-3H3,(H,35,36);2-4H2,1H3. The summed E-state index contributed by atoms with van der Waals surface area (Å²) < 4.78 is 45.0. The number of ether oxygens (including phenoxy) is 1. The maximum absolute atomic E-state index is 14.4. The molecular formula is C36H41F3O3. The molecule has 0 radical (unpaired) electrons. The van der Waals surface area contributed by atoms with Gasteiger partial charge in [0.25, 0.3) is 6.43 Å². The van der Waals surface area contributed by atoms with Gasteiger partial charge in [0, 0.05) is 0 Å². The van der Waals surface area contributed by atoms with E-state index in [-0.39, 0.29) is 23.6 Å². The third kappa shape index (κ3) is 7.93. The summed E-state index contributed by atoms with van der Waals surface area (Å²) in [4.78, 5) is 11.7. The Hall–Kier alpha value is -3.80. The van der Waals surface area contributed by atoms with Crippen LogP contribution in [0.15, 0.2) is 66.2 Å². The summed E-state index contributed by atoms with van der Waals surface area (Å²) in [6, 6.07) is 18.4. The number of rotatable bonds is 10. The number of unbranched alkanes of at least 4 members (excludes halogenated alkanes) is 1. The normalized spacial score (nSPS) is 12.7. The Kier molecular flexibility index (Phi) is 12.5. The van der Waals surface area contributed by atoms with E-state index in [1.165, 1.54) is 12.7 Å². The minimum absolute atomic E-state index is 0.113. The molecule has 1 aliphatic rings. The van der Waals surface area contributed by atoms with E-state index in [0.717, 1.165) is 59.1 Å². The van der Waals surface area contributed by atoms with Crippen molar-refractivity contribution in [3.05, 3.63) is 105 Å². The van der Waals surface area contributed by atoms with E-state index in [0.29, 0.717) is 24.8 Å². The zero-order chi connectivity index (χ0) is 30.6. The summed E-state index contributed by atoms with van der Waals surface area (Å²) in [5, 5.41) is 9.55.